The van der Waals surface area contributed by atoms with Crippen LogP contribution >= 0.6 is 15.9 Å². The van der Waals surface area contributed by atoms with Crippen molar-refractivity contribution in [3.63, 3.8) is 0 Å². The number of nitrogens with zero attached hydrogens (tertiary/aromatic N) is 1. The Labute approximate surface area is 94.1 Å². The lowest BCUT2D eigenvalue weighted by molar-refractivity contribution is -0.254. The number of hydrogen-bond acceptors (Lipinski definition) is 3. The number of carbonyl (C=O) groups excluding carboxylic acids is 1. The second-order valence-corrected chi connectivity index (χ2v) is 3.87. The summed E-state index contributed by atoms with van der Waals surface area (Å²) in [5, 5.41) is 17.1. The second-order valence-electron chi connectivity index (χ2n) is 2.95. The van der Waals surface area contributed by atoms with Gasteiger partial charge >= 0.3 is 0 Å². The van der Waals surface area contributed by atoms with Crippen LogP contribution in [0.15, 0.2) is 34.9 Å². The molecule has 4 nitrogen and oxygen atoms in total. The lowest BCUT2D eigenvalue weighted by Crippen LogP contribution is -2.22. The summed E-state index contributed by atoms with van der Waals surface area (Å²) in [5.41, 5.74) is 1.29. The number of aromatic nitrogens is 2. The summed E-state index contributed by atoms with van der Waals surface area (Å²) >= 11 is 3.30. The Hall–Kier alpha value is -1.62. The van der Waals surface area contributed by atoms with Crippen LogP contribution in [-0.2, 0) is 0 Å². The molecule has 0 aliphatic rings. The van der Waals surface area contributed by atoms with Gasteiger partial charge in [0, 0.05) is 15.6 Å². The quantitative estimate of drug-likeness (QED) is 0.888. The Morgan fingerprint density at radius 2 is 2.00 bits per heavy atom. The van der Waals surface area contributed by atoms with Gasteiger partial charge < -0.3 is 9.90 Å². The maximum absolute atomic E-state index is 10.7. The van der Waals surface area contributed by atoms with Gasteiger partial charge in [0.25, 0.3) is 0 Å². The fourth-order valence-electron chi connectivity index (χ4n) is 1.28. The molecular weight excluding hydrogens is 260 g/mol. The average Bonchev–Trinajstić information content (AvgIpc) is 2.67. The molecule has 1 aromatic heterocycles. The van der Waals surface area contributed by atoms with Crippen LogP contribution in [0.2, 0.25) is 0 Å². The Balaban J connectivity index is 2.49. The number of hydrogen-bond donors (Lipinski definition) is 1. The van der Waals surface area contributed by atoms with Crippen molar-refractivity contribution in [3.05, 3.63) is 40.5 Å². The fraction of sp³-hybridized carbons (Fsp3) is 0. The molecule has 1 heterocycles. The molecule has 2 rings (SSSR count). The third-order valence-corrected chi connectivity index (χ3v) is 2.52. The van der Waals surface area contributed by atoms with E-state index in [1.54, 1.807) is 12.1 Å². The van der Waals surface area contributed by atoms with E-state index in [1.165, 1.54) is 6.20 Å². The van der Waals surface area contributed by atoms with Crippen molar-refractivity contribution in [2.45, 2.75) is 0 Å². The largest absolute Gasteiger partial charge is 0.545 e. The zero-order valence-electron chi connectivity index (χ0n) is 7.53. The van der Waals surface area contributed by atoms with Gasteiger partial charge in [-0.05, 0) is 12.1 Å². The third kappa shape index (κ3) is 1.92. The molecule has 0 atom stereocenters. The van der Waals surface area contributed by atoms with Gasteiger partial charge in [0.1, 0.15) is 0 Å². The van der Waals surface area contributed by atoms with Crippen LogP contribution in [0.25, 0.3) is 11.3 Å². The summed E-state index contributed by atoms with van der Waals surface area (Å²) in [6.45, 7) is 0. The summed E-state index contributed by atoms with van der Waals surface area (Å²) in [4.78, 5) is 10.7. The summed E-state index contributed by atoms with van der Waals surface area (Å²) in [5.74, 6) is -1.23. The minimum Gasteiger partial charge on any atom is -0.545 e. The summed E-state index contributed by atoms with van der Waals surface area (Å²) < 4.78 is 0.931. The number of carbonyl (C=O) groups is 1. The Kier molecular flexibility index (Phi) is 2.55. The highest BCUT2D eigenvalue weighted by Gasteiger charge is 2.07. The van der Waals surface area contributed by atoms with Crippen LogP contribution in [0.3, 0.4) is 0 Å². The molecule has 76 valence electrons. The monoisotopic (exact) mass is 265 g/mol. The van der Waals surface area contributed by atoms with Gasteiger partial charge in [-0.1, -0.05) is 28.1 Å². The van der Waals surface area contributed by atoms with E-state index in [4.69, 9.17) is 0 Å². The van der Waals surface area contributed by atoms with Crippen molar-refractivity contribution >= 4 is 21.9 Å². The van der Waals surface area contributed by atoms with E-state index >= 15 is 0 Å². The first kappa shape index (κ1) is 9.92. The molecule has 0 spiro atoms. The Morgan fingerprint density at radius 1 is 1.33 bits per heavy atom. The molecular formula is C10H6BrN2O2-. The van der Waals surface area contributed by atoms with Gasteiger partial charge in [0.05, 0.1) is 17.9 Å². The maximum Gasteiger partial charge on any atom is 0.0753 e. The van der Waals surface area contributed by atoms with E-state index in [9.17, 15) is 9.90 Å². The zero-order chi connectivity index (χ0) is 10.8. The number of carboxylic acids is 1. The number of carboxylic acid groups (broad SMARTS) is 1. The highest BCUT2D eigenvalue weighted by atomic mass is 79.9. The molecule has 5 heteroatoms. The second kappa shape index (κ2) is 3.86. The van der Waals surface area contributed by atoms with Gasteiger partial charge in [-0.15, -0.1) is 0 Å². The van der Waals surface area contributed by atoms with Crippen LogP contribution in [0, 0.1) is 0 Å². The molecule has 0 bridgehead atoms. The number of rotatable bonds is 2. The molecule has 0 unspecified atom stereocenters. The molecule has 0 aliphatic carbocycles. The molecule has 0 aliphatic heterocycles. The van der Waals surface area contributed by atoms with Crippen molar-refractivity contribution in [2.75, 3.05) is 0 Å². The van der Waals surface area contributed by atoms with Gasteiger partial charge in [0.2, 0.25) is 0 Å². The van der Waals surface area contributed by atoms with Crippen LogP contribution in [-0.4, -0.2) is 16.2 Å². The highest BCUT2D eigenvalue weighted by molar-refractivity contribution is 9.10. The molecule has 0 saturated carbocycles. The molecule has 1 aromatic carbocycles. The SMILES string of the molecule is O=C([O-])c1cn[nH]c1-c1ccc(Br)cc1. The average molecular weight is 266 g/mol. The predicted molar refractivity (Wildman–Crippen MR) is 56.1 cm³/mol. The van der Waals surface area contributed by atoms with Gasteiger partial charge in [-0.3, -0.25) is 5.10 Å². The van der Waals surface area contributed by atoms with Crippen molar-refractivity contribution in [2.24, 2.45) is 0 Å². The van der Waals surface area contributed by atoms with E-state index in [0.29, 0.717) is 5.69 Å². The molecule has 2 aromatic rings. The number of halogens is 1. The van der Waals surface area contributed by atoms with Crippen LogP contribution in [0.1, 0.15) is 10.4 Å². The summed E-state index contributed by atoms with van der Waals surface area (Å²) in [6, 6.07) is 7.25. The summed E-state index contributed by atoms with van der Waals surface area (Å²) in [7, 11) is 0. The first-order chi connectivity index (χ1) is 7.18. The fourth-order valence-corrected chi connectivity index (χ4v) is 1.54. The molecule has 0 amide bonds. The Bertz CT molecular complexity index is 490. The smallest absolute Gasteiger partial charge is 0.0753 e. The number of H-pyrrole nitrogens is 1. The van der Waals surface area contributed by atoms with E-state index < -0.39 is 5.97 Å². The minimum absolute atomic E-state index is 0.0670. The van der Waals surface area contributed by atoms with Crippen LogP contribution in [0.4, 0.5) is 0 Å². The van der Waals surface area contributed by atoms with Crippen molar-refractivity contribution in [1.82, 2.24) is 10.2 Å². The number of benzene rings is 1. The maximum atomic E-state index is 10.7. The van der Waals surface area contributed by atoms with Gasteiger partial charge in [0.15, 0.2) is 0 Å². The van der Waals surface area contributed by atoms with Gasteiger partial charge in [-0.25, -0.2) is 0 Å². The van der Waals surface area contributed by atoms with Crippen molar-refractivity contribution < 1.29 is 9.90 Å². The lowest BCUT2D eigenvalue weighted by atomic mass is 10.1. The molecule has 0 saturated heterocycles. The molecule has 15 heavy (non-hydrogen) atoms. The normalized spacial score (nSPS) is 10.2. The first-order valence-electron chi connectivity index (χ1n) is 4.19. The number of aromatic amines is 1. The molecule has 1 N–H and O–H groups in total. The van der Waals surface area contributed by atoms with E-state index in [2.05, 4.69) is 26.1 Å². The van der Waals surface area contributed by atoms with E-state index in [0.717, 1.165) is 10.0 Å². The van der Waals surface area contributed by atoms with Gasteiger partial charge in [-0.2, -0.15) is 5.10 Å². The lowest BCUT2D eigenvalue weighted by Gasteiger charge is -2.03. The first-order valence-corrected chi connectivity index (χ1v) is 4.98. The van der Waals surface area contributed by atoms with Crippen LogP contribution < -0.4 is 5.11 Å². The standard InChI is InChI=1S/C10H7BrN2O2/c11-7-3-1-6(2-4-7)9-8(10(14)15)5-12-13-9/h1-5H,(H,12,13)(H,14,15)/p-1. The number of aromatic carboxylic acids is 1. The zero-order valence-corrected chi connectivity index (χ0v) is 9.11. The molecule has 0 fully saturated rings. The molecule has 0 radical (unpaired) electrons. The highest BCUT2D eigenvalue weighted by Crippen LogP contribution is 2.22. The van der Waals surface area contributed by atoms with E-state index in [-0.39, 0.29) is 5.56 Å². The summed E-state index contributed by atoms with van der Waals surface area (Å²) in [6.07, 6.45) is 1.24. The van der Waals surface area contributed by atoms with Crippen LogP contribution in [0.5, 0.6) is 0 Å². The number of nitrogens with one attached hydrogen (secondary N) is 1. The van der Waals surface area contributed by atoms with E-state index in [1.807, 2.05) is 12.1 Å². The predicted octanol–water partition coefficient (Wildman–Crippen LogP) is 1.20. The van der Waals surface area contributed by atoms with Crippen molar-refractivity contribution in [3.8, 4) is 11.3 Å². The van der Waals surface area contributed by atoms with Crippen molar-refractivity contribution in [1.29, 1.82) is 0 Å². The third-order valence-electron chi connectivity index (χ3n) is 1.99. The topological polar surface area (TPSA) is 68.8 Å². The Morgan fingerprint density at radius 3 is 2.60 bits per heavy atom. The minimum atomic E-state index is -1.23.